The van der Waals surface area contributed by atoms with Gasteiger partial charge in [0, 0.05) is 7.11 Å². The van der Waals surface area contributed by atoms with Gasteiger partial charge in [-0.15, -0.1) is 0 Å². The fourth-order valence-corrected chi connectivity index (χ4v) is 3.04. The molecule has 0 aromatic carbocycles. The molecular formula is C11H20O2. The van der Waals surface area contributed by atoms with Crippen LogP contribution in [0.1, 0.15) is 38.5 Å². The first-order chi connectivity index (χ1) is 6.29. The molecule has 2 saturated carbocycles. The standard InChI is InChI=1S/C11H20O2/c1-13-11-5-3-8-6-10(12)4-2-9(8)7-11/h8-12H,2-7H2,1H3/t8-,9+,10+,11-/m0/s1. The third-order valence-corrected chi connectivity index (χ3v) is 3.87. The molecule has 76 valence electrons. The van der Waals surface area contributed by atoms with Crippen LogP contribution in [-0.4, -0.2) is 24.4 Å². The van der Waals surface area contributed by atoms with Gasteiger partial charge in [0.2, 0.25) is 0 Å². The van der Waals surface area contributed by atoms with Crippen LogP contribution >= 0.6 is 0 Å². The first-order valence-electron chi connectivity index (χ1n) is 5.50. The van der Waals surface area contributed by atoms with Crippen molar-refractivity contribution in [3.05, 3.63) is 0 Å². The topological polar surface area (TPSA) is 29.5 Å². The van der Waals surface area contributed by atoms with Crippen LogP contribution in [-0.2, 0) is 4.74 Å². The summed E-state index contributed by atoms with van der Waals surface area (Å²) in [5.74, 6) is 1.62. The Morgan fingerprint density at radius 3 is 2.46 bits per heavy atom. The summed E-state index contributed by atoms with van der Waals surface area (Å²) in [6.07, 6.45) is 7.44. The van der Waals surface area contributed by atoms with Gasteiger partial charge in [-0.05, 0) is 50.4 Å². The minimum absolute atomic E-state index is 0.0136. The van der Waals surface area contributed by atoms with Crippen molar-refractivity contribution in [1.82, 2.24) is 0 Å². The van der Waals surface area contributed by atoms with Crippen LogP contribution in [0.15, 0.2) is 0 Å². The summed E-state index contributed by atoms with van der Waals surface area (Å²) in [6, 6.07) is 0. The van der Waals surface area contributed by atoms with Crippen molar-refractivity contribution in [3.8, 4) is 0 Å². The number of hydrogen-bond acceptors (Lipinski definition) is 2. The molecule has 0 bridgehead atoms. The SMILES string of the molecule is CO[C@H]1CC[C@H]2C[C@H](O)CC[C@@H]2C1. The predicted molar refractivity (Wildman–Crippen MR) is 51.5 cm³/mol. The van der Waals surface area contributed by atoms with Crippen LogP contribution < -0.4 is 0 Å². The van der Waals surface area contributed by atoms with Gasteiger partial charge in [0.1, 0.15) is 0 Å². The van der Waals surface area contributed by atoms with Crippen molar-refractivity contribution in [2.24, 2.45) is 11.8 Å². The summed E-state index contributed by atoms with van der Waals surface area (Å²) >= 11 is 0. The van der Waals surface area contributed by atoms with E-state index in [9.17, 15) is 5.11 Å². The Labute approximate surface area is 80.3 Å². The molecule has 13 heavy (non-hydrogen) atoms. The molecule has 0 saturated heterocycles. The summed E-state index contributed by atoms with van der Waals surface area (Å²) in [6.45, 7) is 0. The molecule has 2 rings (SSSR count). The Morgan fingerprint density at radius 1 is 1.00 bits per heavy atom. The number of aliphatic hydroxyl groups is 1. The van der Waals surface area contributed by atoms with E-state index in [0.29, 0.717) is 6.10 Å². The second kappa shape index (κ2) is 3.97. The van der Waals surface area contributed by atoms with Crippen molar-refractivity contribution in [3.63, 3.8) is 0 Å². The quantitative estimate of drug-likeness (QED) is 0.675. The predicted octanol–water partition coefficient (Wildman–Crippen LogP) is 1.96. The van der Waals surface area contributed by atoms with E-state index >= 15 is 0 Å². The fraction of sp³-hybridized carbons (Fsp3) is 1.00. The second-order valence-corrected chi connectivity index (χ2v) is 4.66. The Morgan fingerprint density at radius 2 is 1.69 bits per heavy atom. The van der Waals surface area contributed by atoms with E-state index in [0.717, 1.165) is 24.7 Å². The molecule has 0 spiro atoms. The monoisotopic (exact) mass is 184 g/mol. The molecule has 0 aromatic rings. The zero-order valence-electron chi connectivity index (χ0n) is 8.41. The van der Waals surface area contributed by atoms with Gasteiger partial charge >= 0.3 is 0 Å². The number of aliphatic hydroxyl groups excluding tert-OH is 1. The molecule has 1 N–H and O–H groups in total. The highest BCUT2D eigenvalue weighted by atomic mass is 16.5. The van der Waals surface area contributed by atoms with Crippen molar-refractivity contribution in [1.29, 1.82) is 0 Å². The van der Waals surface area contributed by atoms with Crippen LogP contribution in [0.25, 0.3) is 0 Å². The number of hydrogen-bond donors (Lipinski definition) is 1. The van der Waals surface area contributed by atoms with E-state index < -0.39 is 0 Å². The van der Waals surface area contributed by atoms with Gasteiger partial charge in [0.05, 0.1) is 12.2 Å². The number of fused-ring (bicyclic) bond motifs is 1. The Balaban J connectivity index is 1.90. The maximum absolute atomic E-state index is 9.54. The lowest BCUT2D eigenvalue weighted by Crippen LogP contribution is -2.35. The lowest BCUT2D eigenvalue weighted by atomic mass is 9.69. The Hall–Kier alpha value is -0.0800. The zero-order chi connectivity index (χ0) is 9.26. The second-order valence-electron chi connectivity index (χ2n) is 4.66. The highest BCUT2D eigenvalue weighted by Gasteiger charge is 2.34. The van der Waals surface area contributed by atoms with Gasteiger partial charge < -0.3 is 9.84 Å². The number of rotatable bonds is 1. The summed E-state index contributed by atoms with van der Waals surface area (Å²) in [5.41, 5.74) is 0. The third kappa shape index (κ3) is 2.05. The first kappa shape index (κ1) is 9.47. The van der Waals surface area contributed by atoms with Gasteiger partial charge in [-0.2, -0.15) is 0 Å². The average molecular weight is 184 g/mol. The lowest BCUT2D eigenvalue weighted by molar-refractivity contribution is -0.0132. The molecule has 2 heteroatoms. The molecule has 0 aromatic heterocycles. The highest BCUT2D eigenvalue weighted by Crippen LogP contribution is 2.41. The van der Waals surface area contributed by atoms with E-state index in [-0.39, 0.29) is 6.10 Å². The smallest absolute Gasteiger partial charge is 0.0574 e. The van der Waals surface area contributed by atoms with Crippen molar-refractivity contribution < 1.29 is 9.84 Å². The average Bonchev–Trinajstić information content (AvgIpc) is 2.17. The number of methoxy groups -OCH3 is 1. The van der Waals surface area contributed by atoms with Gasteiger partial charge in [-0.1, -0.05) is 0 Å². The molecular weight excluding hydrogens is 164 g/mol. The summed E-state index contributed by atoms with van der Waals surface area (Å²) in [7, 11) is 1.82. The highest BCUT2D eigenvalue weighted by molar-refractivity contribution is 4.86. The van der Waals surface area contributed by atoms with E-state index in [1.807, 2.05) is 7.11 Å². The van der Waals surface area contributed by atoms with Crippen molar-refractivity contribution in [2.45, 2.75) is 50.7 Å². The van der Waals surface area contributed by atoms with Crippen LogP contribution in [0.5, 0.6) is 0 Å². The van der Waals surface area contributed by atoms with E-state index in [1.54, 1.807) is 0 Å². The maximum atomic E-state index is 9.54. The van der Waals surface area contributed by atoms with E-state index in [1.165, 1.54) is 25.7 Å². The van der Waals surface area contributed by atoms with Crippen molar-refractivity contribution >= 4 is 0 Å². The first-order valence-corrected chi connectivity index (χ1v) is 5.50. The van der Waals surface area contributed by atoms with Crippen LogP contribution in [0, 0.1) is 11.8 Å². The van der Waals surface area contributed by atoms with Crippen molar-refractivity contribution in [2.75, 3.05) is 7.11 Å². The Bertz CT molecular complexity index is 169. The largest absolute Gasteiger partial charge is 0.393 e. The maximum Gasteiger partial charge on any atom is 0.0574 e. The molecule has 0 amide bonds. The molecule has 2 aliphatic carbocycles. The van der Waals surface area contributed by atoms with Gasteiger partial charge in [0.25, 0.3) is 0 Å². The van der Waals surface area contributed by atoms with Gasteiger partial charge in [-0.3, -0.25) is 0 Å². The van der Waals surface area contributed by atoms with Crippen LogP contribution in [0.2, 0.25) is 0 Å². The molecule has 0 unspecified atom stereocenters. The Kier molecular flexibility index (Phi) is 2.89. The number of ether oxygens (including phenoxy) is 1. The normalized spacial score (nSPS) is 45.7. The minimum atomic E-state index is -0.0136. The molecule has 0 aliphatic heterocycles. The minimum Gasteiger partial charge on any atom is -0.393 e. The molecule has 2 aliphatic rings. The molecule has 2 nitrogen and oxygen atoms in total. The van der Waals surface area contributed by atoms with E-state index in [4.69, 9.17) is 4.74 Å². The molecule has 0 radical (unpaired) electrons. The molecule has 4 atom stereocenters. The summed E-state index contributed by atoms with van der Waals surface area (Å²) < 4.78 is 5.40. The molecule has 0 heterocycles. The van der Waals surface area contributed by atoms with Crippen LogP contribution in [0.4, 0.5) is 0 Å². The van der Waals surface area contributed by atoms with Crippen LogP contribution in [0.3, 0.4) is 0 Å². The summed E-state index contributed by atoms with van der Waals surface area (Å²) in [4.78, 5) is 0. The van der Waals surface area contributed by atoms with Gasteiger partial charge in [-0.25, -0.2) is 0 Å². The zero-order valence-corrected chi connectivity index (χ0v) is 8.41. The fourth-order valence-electron chi connectivity index (χ4n) is 3.04. The van der Waals surface area contributed by atoms with E-state index in [2.05, 4.69) is 0 Å². The summed E-state index contributed by atoms with van der Waals surface area (Å²) in [5, 5.41) is 9.54. The van der Waals surface area contributed by atoms with Gasteiger partial charge in [0.15, 0.2) is 0 Å². The third-order valence-electron chi connectivity index (χ3n) is 3.87. The lowest BCUT2D eigenvalue weighted by Gasteiger charge is -2.40. The molecule has 2 fully saturated rings.